The van der Waals surface area contributed by atoms with E-state index in [0.29, 0.717) is 13.2 Å². The third-order valence-corrected chi connectivity index (χ3v) is 9.15. The molecule has 57 heavy (non-hydrogen) atoms. The number of carbonyl (C=O) groups is 4. The van der Waals surface area contributed by atoms with Crippen LogP contribution in [-0.4, -0.2) is 103 Å². The number of aromatic nitrogens is 6. The van der Waals surface area contributed by atoms with Gasteiger partial charge in [0.15, 0.2) is 12.2 Å². The maximum absolute atomic E-state index is 12.8. The Morgan fingerprint density at radius 3 is 1.84 bits per heavy atom. The summed E-state index contributed by atoms with van der Waals surface area (Å²) in [6.07, 6.45) is 13.5. The molecule has 4 heterocycles. The Morgan fingerprint density at radius 1 is 0.825 bits per heavy atom. The Hall–Kier alpha value is -5.55. The summed E-state index contributed by atoms with van der Waals surface area (Å²) in [4.78, 5) is 61.6. The summed E-state index contributed by atoms with van der Waals surface area (Å²) in [5, 5.41) is 12.4. The highest BCUT2D eigenvalue weighted by molar-refractivity contribution is 5.90. The summed E-state index contributed by atoms with van der Waals surface area (Å²) < 4.78 is 28.0. The number of anilines is 1. The summed E-state index contributed by atoms with van der Waals surface area (Å²) in [5.74, 6) is 1.08. The standard InChI is InChI=1S/C22H27N3O4.C9H14N2O3.C5H8O3.C4H6N2/c1-3-28-21(26)19(13-25-11-10-23-14(25)2)29-22(27)24-20-17-8-4-6-15(17)12-16-7-5-9-18(16)20;1-3-14-9(13)8(12)6-11-5-4-10-7(11)2;1-2-7-5(6)4-3-8-4;1-4-5-2-3-6-4/h10-12,19H,3-9,13H2,1-2H3,(H,24,27);4-5,8,12H,3,6H2,1-2H3;4H,2-3H2,1H3;2-3H,1H3,(H,5,6). The number of carbonyl (C=O) groups excluding carboxylic acids is 4. The predicted molar refractivity (Wildman–Crippen MR) is 207 cm³/mol. The predicted octanol–water partition coefficient (Wildman–Crippen LogP) is 4.13. The van der Waals surface area contributed by atoms with Crippen molar-refractivity contribution in [3.8, 4) is 0 Å². The normalized spacial score (nSPS) is 15.4. The number of ether oxygens (including phenoxy) is 5. The Labute approximate surface area is 332 Å². The summed E-state index contributed by atoms with van der Waals surface area (Å²) in [7, 11) is 0. The summed E-state index contributed by atoms with van der Waals surface area (Å²) in [5.41, 5.74) is 6.01. The SMILES string of the molecule is CCOC(=O)C(Cn1ccnc1C)OC(=O)Nc1c2c(cc3c1CCC3)CCC2.CCOC(=O)C(O)Cn1ccnc1C.CCOC(=O)C1CO1.Cc1ncc[nH]1. The lowest BCUT2D eigenvalue weighted by molar-refractivity contribution is -0.154. The van der Waals surface area contributed by atoms with Crippen molar-refractivity contribution in [2.24, 2.45) is 0 Å². The highest BCUT2D eigenvalue weighted by Gasteiger charge is 2.32. The molecule has 1 amide bonds. The number of aliphatic hydroxyl groups is 1. The number of aromatic amines is 1. The van der Waals surface area contributed by atoms with Crippen molar-refractivity contribution in [1.82, 2.24) is 29.1 Å². The van der Waals surface area contributed by atoms with Crippen LogP contribution in [0.15, 0.2) is 43.2 Å². The van der Waals surface area contributed by atoms with Gasteiger partial charge in [-0.05, 0) is 102 Å². The number of aryl methyl sites for hydroxylation is 5. The molecule has 0 radical (unpaired) electrons. The molecule has 1 aromatic carbocycles. The fourth-order valence-electron chi connectivity index (χ4n) is 6.26. The quantitative estimate of drug-likeness (QED) is 0.105. The number of imidazole rings is 3. The largest absolute Gasteiger partial charge is 0.464 e. The first-order chi connectivity index (χ1) is 27.4. The second-order valence-corrected chi connectivity index (χ2v) is 13.3. The van der Waals surface area contributed by atoms with E-state index in [1.807, 2.05) is 13.8 Å². The van der Waals surface area contributed by atoms with Crippen molar-refractivity contribution in [1.29, 1.82) is 0 Å². The first kappa shape index (κ1) is 44.2. The average molecular weight is 794 g/mol. The van der Waals surface area contributed by atoms with Crippen molar-refractivity contribution in [3.05, 3.63) is 83.0 Å². The molecule has 0 spiro atoms. The number of amides is 1. The van der Waals surface area contributed by atoms with E-state index in [1.54, 1.807) is 74.0 Å². The van der Waals surface area contributed by atoms with Gasteiger partial charge in [-0.15, -0.1) is 0 Å². The van der Waals surface area contributed by atoms with Crippen LogP contribution in [0.5, 0.6) is 0 Å². The number of hydrogen-bond acceptors (Lipinski definition) is 13. The summed E-state index contributed by atoms with van der Waals surface area (Å²) >= 11 is 0. The average Bonchev–Trinajstić information content (AvgIpc) is 3.70. The molecule has 3 aromatic heterocycles. The molecular formula is C40H55N7O10. The second kappa shape index (κ2) is 22.3. The van der Waals surface area contributed by atoms with Crippen molar-refractivity contribution in [2.75, 3.05) is 31.7 Å². The van der Waals surface area contributed by atoms with Crippen LogP contribution in [0.4, 0.5) is 10.5 Å². The van der Waals surface area contributed by atoms with Gasteiger partial charge in [-0.25, -0.2) is 34.1 Å². The number of nitrogens with zero attached hydrogens (tertiary/aromatic N) is 5. The van der Waals surface area contributed by atoms with Gasteiger partial charge in [-0.2, -0.15) is 0 Å². The molecule has 310 valence electrons. The van der Waals surface area contributed by atoms with Crippen LogP contribution in [0.2, 0.25) is 0 Å². The van der Waals surface area contributed by atoms with E-state index in [0.717, 1.165) is 61.7 Å². The molecule has 3 atom stereocenters. The minimum Gasteiger partial charge on any atom is -0.464 e. The first-order valence-corrected chi connectivity index (χ1v) is 19.3. The van der Waals surface area contributed by atoms with Gasteiger partial charge >= 0.3 is 24.0 Å². The Kier molecular flexibility index (Phi) is 17.2. The van der Waals surface area contributed by atoms with Crippen molar-refractivity contribution in [2.45, 2.75) is 111 Å². The van der Waals surface area contributed by atoms with Gasteiger partial charge in [0.2, 0.25) is 6.10 Å². The van der Waals surface area contributed by atoms with Crippen molar-refractivity contribution in [3.63, 3.8) is 0 Å². The molecule has 17 nitrogen and oxygen atoms in total. The molecule has 0 saturated carbocycles. The summed E-state index contributed by atoms with van der Waals surface area (Å²) in [6, 6.07) is 2.31. The molecule has 3 aliphatic rings. The lowest BCUT2D eigenvalue weighted by Crippen LogP contribution is -2.35. The monoisotopic (exact) mass is 793 g/mol. The lowest BCUT2D eigenvalue weighted by Gasteiger charge is -2.20. The third kappa shape index (κ3) is 13.6. The molecule has 4 aromatic rings. The van der Waals surface area contributed by atoms with Gasteiger partial charge in [0.25, 0.3) is 0 Å². The van der Waals surface area contributed by atoms with Gasteiger partial charge in [0.1, 0.15) is 17.5 Å². The molecule has 1 saturated heterocycles. The number of nitrogens with one attached hydrogen (secondary N) is 2. The van der Waals surface area contributed by atoms with Gasteiger partial charge in [-0.1, -0.05) is 6.07 Å². The maximum Gasteiger partial charge on any atom is 0.412 e. The fourth-order valence-corrected chi connectivity index (χ4v) is 6.26. The molecule has 17 heteroatoms. The van der Waals surface area contributed by atoms with E-state index >= 15 is 0 Å². The second-order valence-electron chi connectivity index (χ2n) is 13.3. The lowest BCUT2D eigenvalue weighted by atomic mass is 9.99. The van der Waals surface area contributed by atoms with E-state index < -0.39 is 30.2 Å². The number of epoxide rings is 1. The fraction of sp³-hybridized carbons (Fsp3) is 0.525. The van der Waals surface area contributed by atoms with Crippen LogP contribution >= 0.6 is 0 Å². The number of hydrogen-bond donors (Lipinski definition) is 3. The number of H-pyrrole nitrogens is 1. The highest BCUT2D eigenvalue weighted by Crippen LogP contribution is 2.38. The molecular weight excluding hydrogens is 738 g/mol. The molecule has 7 rings (SSSR count). The van der Waals surface area contributed by atoms with Crippen LogP contribution < -0.4 is 5.32 Å². The molecule has 3 N–H and O–H groups in total. The molecule has 0 bridgehead atoms. The van der Waals surface area contributed by atoms with E-state index in [4.69, 9.17) is 9.47 Å². The van der Waals surface area contributed by atoms with Crippen LogP contribution in [0.25, 0.3) is 0 Å². The molecule has 1 aliphatic heterocycles. The van der Waals surface area contributed by atoms with Crippen molar-refractivity contribution >= 4 is 29.7 Å². The number of fused-ring (bicyclic) bond motifs is 2. The van der Waals surface area contributed by atoms with E-state index in [9.17, 15) is 24.3 Å². The molecule has 1 fully saturated rings. The molecule has 3 unspecified atom stereocenters. The van der Waals surface area contributed by atoms with E-state index in [-0.39, 0.29) is 38.4 Å². The van der Waals surface area contributed by atoms with Gasteiger partial charge in [-0.3, -0.25) is 5.32 Å². The Morgan fingerprint density at radius 2 is 1.39 bits per heavy atom. The highest BCUT2D eigenvalue weighted by atomic mass is 16.6. The minimum atomic E-state index is -1.12. The van der Waals surface area contributed by atoms with Gasteiger partial charge < -0.3 is 42.9 Å². The minimum absolute atomic E-state index is 0.170. The number of rotatable bonds is 12. The van der Waals surface area contributed by atoms with Crippen molar-refractivity contribution < 1.29 is 48.0 Å². The topological polar surface area (TPSA) is 214 Å². The molecule has 2 aliphatic carbocycles. The zero-order valence-electron chi connectivity index (χ0n) is 33.6. The van der Waals surface area contributed by atoms with Crippen LogP contribution in [0.1, 0.15) is 73.3 Å². The Bertz CT molecular complexity index is 1870. The number of benzene rings is 1. The van der Waals surface area contributed by atoms with Gasteiger partial charge in [0, 0.05) is 37.2 Å². The van der Waals surface area contributed by atoms with Gasteiger partial charge in [0.05, 0.1) is 45.2 Å². The third-order valence-electron chi connectivity index (χ3n) is 9.15. The summed E-state index contributed by atoms with van der Waals surface area (Å²) in [6.45, 7) is 12.6. The van der Waals surface area contributed by atoms with E-state index in [2.05, 4.69) is 45.5 Å². The Balaban J connectivity index is 0.000000210. The first-order valence-electron chi connectivity index (χ1n) is 19.3. The number of esters is 3. The van der Waals surface area contributed by atoms with Crippen LogP contribution in [-0.2, 0) is 76.8 Å². The zero-order valence-corrected chi connectivity index (χ0v) is 33.6. The zero-order chi connectivity index (χ0) is 41.3. The van der Waals surface area contributed by atoms with Crippen LogP contribution in [0.3, 0.4) is 0 Å². The number of aliphatic hydroxyl groups excluding tert-OH is 1. The maximum atomic E-state index is 12.8. The smallest absolute Gasteiger partial charge is 0.412 e. The van der Waals surface area contributed by atoms with E-state index in [1.165, 1.54) is 22.3 Å². The van der Waals surface area contributed by atoms with Crippen LogP contribution in [0, 0.1) is 20.8 Å².